The smallest absolute Gasteiger partial charge is 0.255 e. The number of piperidine rings is 1. The largest absolute Gasteiger partial charge is 0.506 e. The van der Waals surface area contributed by atoms with Gasteiger partial charge in [-0.25, -0.2) is 0 Å². The number of aromatic nitrogens is 3. The third kappa shape index (κ3) is 3.28. The number of rotatable bonds is 2. The van der Waals surface area contributed by atoms with Crippen LogP contribution in [0.15, 0.2) is 43.1 Å². The number of ether oxygens (including phenoxy) is 1. The zero-order chi connectivity index (χ0) is 19.8. The van der Waals surface area contributed by atoms with Crippen molar-refractivity contribution in [1.29, 1.82) is 0 Å². The van der Waals surface area contributed by atoms with E-state index in [1.807, 2.05) is 4.90 Å². The van der Waals surface area contributed by atoms with Crippen LogP contribution in [0.25, 0.3) is 10.6 Å². The van der Waals surface area contributed by atoms with Crippen LogP contribution >= 0.6 is 11.3 Å². The predicted molar refractivity (Wildman–Crippen MR) is 108 cm³/mol. The van der Waals surface area contributed by atoms with Crippen LogP contribution in [0.5, 0.6) is 5.75 Å². The molecule has 0 aromatic carbocycles. The molecule has 3 aromatic rings. The average Bonchev–Trinajstić information content (AvgIpc) is 3.21. The van der Waals surface area contributed by atoms with Crippen LogP contribution in [0.1, 0.15) is 33.6 Å². The van der Waals surface area contributed by atoms with Gasteiger partial charge in [0.15, 0.2) is 0 Å². The van der Waals surface area contributed by atoms with Crippen LogP contribution in [0.3, 0.4) is 0 Å². The predicted octanol–water partition coefficient (Wildman–Crippen LogP) is 3.01. The molecule has 0 atom stereocenters. The summed E-state index contributed by atoms with van der Waals surface area (Å²) in [5.41, 5.74) is 2.18. The van der Waals surface area contributed by atoms with Crippen molar-refractivity contribution in [3.05, 3.63) is 59.1 Å². The summed E-state index contributed by atoms with van der Waals surface area (Å²) in [6.45, 7) is 1.90. The number of aromatic hydroxyl groups is 1. The van der Waals surface area contributed by atoms with Crippen molar-refractivity contribution >= 4 is 17.2 Å². The van der Waals surface area contributed by atoms with Crippen LogP contribution in [-0.4, -0.2) is 50.6 Å². The van der Waals surface area contributed by atoms with Gasteiger partial charge in [-0.15, -0.1) is 11.3 Å². The molecule has 29 heavy (non-hydrogen) atoms. The van der Waals surface area contributed by atoms with Crippen LogP contribution in [0.4, 0.5) is 0 Å². The van der Waals surface area contributed by atoms with Crippen molar-refractivity contribution in [2.24, 2.45) is 0 Å². The van der Waals surface area contributed by atoms with Crippen molar-refractivity contribution in [3.8, 4) is 16.3 Å². The first-order valence-electron chi connectivity index (χ1n) is 9.61. The van der Waals surface area contributed by atoms with E-state index >= 15 is 0 Å². The Balaban J connectivity index is 1.38. The first-order valence-corrected chi connectivity index (χ1v) is 10.4. The molecule has 1 saturated heterocycles. The Kier molecular flexibility index (Phi) is 4.52. The van der Waals surface area contributed by atoms with E-state index in [1.165, 1.54) is 28.9 Å². The van der Waals surface area contributed by atoms with Crippen LogP contribution in [0, 0.1) is 0 Å². The molecule has 8 heteroatoms. The van der Waals surface area contributed by atoms with Crippen molar-refractivity contribution in [3.63, 3.8) is 0 Å². The van der Waals surface area contributed by atoms with E-state index in [1.54, 1.807) is 29.9 Å². The molecule has 0 bridgehead atoms. The molecular weight excluding hydrogens is 388 g/mol. The highest BCUT2D eigenvalue weighted by molar-refractivity contribution is 7.15. The van der Waals surface area contributed by atoms with E-state index in [4.69, 9.17) is 4.74 Å². The minimum absolute atomic E-state index is 0.000556. The Morgan fingerprint density at radius 2 is 2.00 bits per heavy atom. The maximum absolute atomic E-state index is 12.8. The Bertz CT molecular complexity index is 1050. The van der Waals surface area contributed by atoms with Crippen molar-refractivity contribution in [1.82, 2.24) is 19.9 Å². The second-order valence-electron chi connectivity index (χ2n) is 7.35. The standard InChI is InChI=1S/C21H20N4O3S/c26-15-9-14(11-23-12-15)20(27)25-6-2-21(3-7-25)16-10-19(17-13-22-4-5-24-17)29-18(16)1-8-28-21/h4-5,9-13,26H,1-3,6-8H2. The van der Waals surface area contributed by atoms with E-state index in [9.17, 15) is 9.90 Å². The lowest BCUT2D eigenvalue weighted by Crippen LogP contribution is -2.48. The fourth-order valence-corrected chi connectivity index (χ4v) is 5.37. The Hall–Kier alpha value is -2.84. The lowest BCUT2D eigenvalue weighted by Gasteiger charge is -2.44. The second-order valence-corrected chi connectivity index (χ2v) is 8.49. The number of hydrogen-bond acceptors (Lipinski definition) is 7. The molecule has 1 spiro atoms. The maximum Gasteiger partial charge on any atom is 0.255 e. The molecule has 5 heterocycles. The lowest BCUT2D eigenvalue weighted by atomic mass is 9.82. The molecule has 2 aliphatic heterocycles. The highest BCUT2D eigenvalue weighted by atomic mass is 32.1. The average molecular weight is 408 g/mol. The lowest BCUT2D eigenvalue weighted by molar-refractivity contribution is -0.0926. The van der Waals surface area contributed by atoms with Gasteiger partial charge in [0.2, 0.25) is 0 Å². The number of carbonyl (C=O) groups excluding carboxylic acids is 1. The van der Waals surface area contributed by atoms with Gasteiger partial charge in [0.1, 0.15) is 5.75 Å². The van der Waals surface area contributed by atoms with Gasteiger partial charge in [0.05, 0.1) is 40.7 Å². The molecule has 0 saturated carbocycles. The van der Waals surface area contributed by atoms with Gasteiger partial charge in [-0.05, 0) is 30.5 Å². The van der Waals surface area contributed by atoms with Gasteiger partial charge in [-0.1, -0.05) is 0 Å². The van der Waals surface area contributed by atoms with E-state index in [2.05, 4.69) is 21.0 Å². The third-order valence-electron chi connectivity index (χ3n) is 5.65. The Morgan fingerprint density at radius 3 is 2.76 bits per heavy atom. The molecule has 1 fully saturated rings. The van der Waals surface area contributed by atoms with E-state index in [-0.39, 0.29) is 17.3 Å². The number of carbonyl (C=O) groups is 1. The Labute approximate surface area is 172 Å². The summed E-state index contributed by atoms with van der Waals surface area (Å²) in [5, 5.41) is 9.60. The van der Waals surface area contributed by atoms with Gasteiger partial charge in [0.25, 0.3) is 5.91 Å². The Morgan fingerprint density at radius 1 is 1.14 bits per heavy atom. The maximum atomic E-state index is 12.8. The first kappa shape index (κ1) is 18.2. The van der Waals surface area contributed by atoms with E-state index < -0.39 is 0 Å². The number of likely N-dealkylation sites (tertiary alicyclic amines) is 1. The highest BCUT2D eigenvalue weighted by Crippen LogP contribution is 2.46. The van der Waals surface area contributed by atoms with Crippen molar-refractivity contribution < 1.29 is 14.6 Å². The summed E-state index contributed by atoms with van der Waals surface area (Å²) < 4.78 is 6.32. The quantitative estimate of drug-likeness (QED) is 0.701. The molecule has 0 radical (unpaired) electrons. The fourth-order valence-electron chi connectivity index (χ4n) is 4.18. The summed E-state index contributed by atoms with van der Waals surface area (Å²) in [7, 11) is 0. The molecule has 7 nitrogen and oxygen atoms in total. The minimum Gasteiger partial charge on any atom is -0.506 e. The summed E-state index contributed by atoms with van der Waals surface area (Å²) >= 11 is 1.76. The molecule has 1 N–H and O–H groups in total. The van der Waals surface area contributed by atoms with Gasteiger partial charge in [-0.3, -0.25) is 19.7 Å². The van der Waals surface area contributed by atoms with E-state index in [0.717, 1.165) is 29.8 Å². The fraction of sp³-hybridized carbons (Fsp3) is 0.333. The summed E-state index contributed by atoms with van der Waals surface area (Å²) in [4.78, 5) is 29.6. The van der Waals surface area contributed by atoms with Crippen LogP contribution < -0.4 is 0 Å². The van der Waals surface area contributed by atoms with Crippen molar-refractivity contribution in [2.75, 3.05) is 19.7 Å². The number of fused-ring (bicyclic) bond motifs is 2. The van der Waals surface area contributed by atoms with Crippen LogP contribution in [0.2, 0.25) is 0 Å². The second kappa shape index (κ2) is 7.20. The number of amides is 1. The molecule has 0 unspecified atom stereocenters. The highest BCUT2D eigenvalue weighted by Gasteiger charge is 2.43. The number of hydrogen-bond donors (Lipinski definition) is 1. The molecular formula is C21H20N4O3S. The van der Waals surface area contributed by atoms with Crippen molar-refractivity contribution in [2.45, 2.75) is 24.9 Å². The van der Waals surface area contributed by atoms with Gasteiger partial charge >= 0.3 is 0 Å². The number of thiophene rings is 1. The molecule has 148 valence electrons. The number of pyridine rings is 1. The summed E-state index contributed by atoms with van der Waals surface area (Å²) in [5.74, 6) is -0.107. The zero-order valence-electron chi connectivity index (χ0n) is 15.7. The SMILES string of the molecule is O=C(c1cncc(O)c1)N1CCC2(CC1)OCCc1sc(-c3cnccn3)cc12. The molecule has 3 aromatic heterocycles. The monoisotopic (exact) mass is 408 g/mol. The zero-order valence-corrected chi connectivity index (χ0v) is 16.6. The number of nitrogens with zero attached hydrogens (tertiary/aromatic N) is 4. The summed E-state index contributed by atoms with van der Waals surface area (Å²) in [6, 6.07) is 3.65. The van der Waals surface area contributed by atoms with Gasteiger partial charge in [0, 0.05) is 43.0 Å². The molecule has 2 aliphatic rings. The summed E-state index contributed by atoms with van der Waals surface area (Å²) in [6.07, 6.45) is 10.4. The topological polar surface area (TPSA) is 88.4 Å². The van der Waals surface area contributed by atoms with Gasteiger partial charge < -0.3 is 14.7 Å². The first-order chi connectivity index (χ1) is 14.1. The third-order valence-corrected chi connectivity index (χ3v) is 6.87. The molecule has 0 aliphatic carbocycles. The molecule has 1 amide bonds. The minimum atomic E-state index is -0.349. The van der Waals surface area contributed by atoms with E-state index in [0.29, 0.717) is 25.3 Å². The van der Waals surface area contributed by atoms with Crippen LogP contribution in [-0.2, 0) is 16.8 Å². The molecule has 5 rings (SSSR count). The van der Waals surface area contributed by atoms with Gasteiger partial charge in [-0.2, -0.15) is 0 Å². The normalized spacial score (nSPS) is 17.9.